The van der Waals surface area contributed by atoms with Gasteiger partial charge < -0.3 is 14.8 Å². The third-order valence-electron chi connectivity index (χ3n) is 3.56. The van der Waals surface area contributed by atoms with Gasteiger partial charge in [-0.3, -0.25) is 4.79 Å². The quantitative estimate of drug-likeness (QED) is 0.629. The summed E-state index contributed by atoms with van der Waals surface area (Å²) in [5, 5.41) is 3.29. The molecule has 1 amide bonds. The maximum absolute atomic E-state index is 11.9. The Hall–Kier alpha value is -2.98. The molecule has 4 nitrogen and oxygen atoms in total. The van der Waals surface area contributed by atoms with Crippen LogP contribution in [0.4, 0.5) is 5.69 Å². The third kappa shape index (κ3) is 5.26. The monoisotopic (exact) mass is 367 g/mol. The fourth-order valence-corrected chi connectivity index (χ4v) is 2.45. The lowest BCUT2D eigenvalue weighted by Gasteiger charge is -2.09. The molecule has 0 bridgehead atoms. The van der Waals surface area contributed by atoms with Gasteiger partial charge in [-0.15, -0.1) is 0 Å². The van der Waals surface area contributed by atoms with Crippen molar-refractivity contribution in [2.24, 2.45) is 0 Å². The minimum absolute atomic E-state index is 0.0926. The first kappa shape index (κ1) is 17.8. The van der Waals surface area contributed by atoms with E-state index in [-0.39, 0.29) is 12.5 Å². The first-order valence-electron chi connectivity index (χ1n) is 8.11. The Morgan fingerprint density at radius 3 is 2.19 bits per heavy atom. The highest BCUT2D eigenvalue weighted by Gasteiger charge is 2.05. The van der Waals surface area contributed by atoms with Crippen molar-refractivity contribution in [1.29, 1.82) is 0 Å². The molecule has 3 rings (SSSR count). The van der Waals surface area contributed by atoms with Crippen molar-refractivity contribution in [2.75, 3.05) is 11.9 Å². The van der Waals surface area contributed by atoms with Crippen LogP contribution in [0.2, 0.25) is 5.02 Å². The third-order valence-corrected chi connectivity index (χ3v) is 3.79. The summed E-state index contributed by atoms with van der Waals surface area (Å²) in [6.45, 7) is 1.93. The van der Waals surface area contributed by atoms with Gasteiger partial charge in [0.05, 0.1) is 0 Å². The number of carbonyl (C=O) groups is 1. The molecule has 0 radical (unpaired) electrons. The molecule has 3 aromatic rings. The van der Waals surface area contributed by atoms with Crippen molar-refractivity contribution in [3.8, 4) is 17.2 Å². The number of carbonyl (C=O) groups excluding carboxylic acids is 1. The van der Waals surface area contributed by atoms with Crippen LogP contribution in [0.3, 0.4) is 0 Å². The van der Waals surface area contributed by atoms with Gasteiger partial charge in [-0.2, -0.15) is 0 Å². The highest BCUT2D eigenvalue weighted by atomic mass is 35.5. The fraction of sp³-hybridized carbons (Fsp3) is 0.0952. The van der Waals surface area contributed by atoms with Gasteiger partial charge in [0.1, 0.15) is 17.2 Å². The molecular formula is C21H18ClNO3. The van der Waals surface area contributed by atoms with Crippen LogP contribution in [-0.4, -0.2) is 12.5 Å². The molecule has 0 unspecified atom stereocenters. The predicted octanol–water partition coefficient (Wildman–Crippen LogP) is 5.46. The molecule has 0 aliphatic heterocycles. The van der Waals surface area contributed by atoms with Crippen LogP contribution >= 0.6 is 11.6 Å². The second kappa shape index (κ2) is 8.41. The van der Waals surface area contributed by atoms with Gasteiger partial charge in [0.25, 0.3) is 5.91 Å². The van der Waals surface area contributed by atoms with Crippen molar-refractivity contribution in [2.45, 2.75) is 6.92 Å². The molecule has 0 spiro atoms. The lowest BCUT2D eigenvalue weighted by atomic mass is 10.2. The van der Waals surface area contributed by atoms with E-state index in [9.17, 15) is 4.79 Å². The Morgan fingerprint density at radius 2 is 1.54 bits per heavy atom. The number of rotatable bonds is 6. The summed E-state index contributed by atoms with van der Waals surface area (Å²) in [7, 11) is 0. The van der Waals surface area contributed by atoms with Crippen molar-refractivity contribution in [3.63, 3.8) is 0 Å². The van der Waals surface area contributed by atoms with E-state index in [1.54, 1.807) is 48.5 Å². The minimum atomic E-state index is -0.257. The average Bonchev–Trinajstić information content (AvgIpc) is 2.63. The number of benzene rings is 3. The summed E-state index contributed by atoms with van der Waals surface area (Å²) in [6.07, 6.45) is 0. The van der Waals surface area contributed by atoms with Crippen LogP contribution in [0, 0.1) is 6.92 Å². The molecule has 0 aliphatic rings. The summed E-state index contributed by atoms with van der Waals surface area (Å²) in [6, 6.07) is 21.9. The van der Waals surface area contributed by atoms with Crippen molar-refractivity contribution < 1.29 is 14.3 Å². The van der Waals surface area contributed by atoms with Gasteiger partial charge in [-0.25, -0.2) is 0 Å². The maximum atomic E-state index is 11.9. The molecule has 26 heavy (non-hydrogen) atoms. The zero-order chi connectivity index (χ0) is 18.4. The molecule has 0 saturated heterocycles. The van der Waals surface area contributed by atoms with Gasteiger partial charge in [0, 0.05) is 10.7 Å². The predicted molar refractivity (Wildman–Crippen MR) is 103 cm³/mol. The molecular weight excluding hydrogens is 350 g/mol. The molecule has 132 valence electrons. The van der Waals surface area contributed by atoms with Crippen LogP contribution in [0.1, 0.15) is 5.56 Å². The van der Waals surface area contributed by atoms with Crippen molar-refractivity contribution in [1.82, 2.24) is 0 Å². The van der Waals surface area contributed by atoms with Crippen LogP contribution in [0.5, 0.6) is 17.2 Å². The van der Waals surface area contributed by atoms with Crippen molar-refractivity contribution >= 4 is 23.2 Å². The molecule has 0 fully saturated rings. The van der Waals surface area contributed by atoms with E-state index < -0.39 is 0 Å². The van der Waals surface area contributed by atoms with E-state index in [4.69, 9.17) is 21.1 Å². The number of amides is 1. The highest BCUT2D eigenvalue weighted by molar-refractivity contribution is 6.30. The molecule has 0 aliphatic carbocycles. The summed E-state index contributed by atoms with van der Waals surface area (Å²) in [4.78, 5) is 11.9. The largest absolute Gasteiger partial charge is 0.484 e. The van der Waals surface area contributed by atoms with E-state index >= 15 is 0 Å². The highest BCUT2D eigenvalue weighted by Crippen LogP contribution is 2.24. The van der Waals surface area contributed by atoms with Gasteiger partial charge in [-0.1, -0.05) is 35.4 Å². The smallest absolute Gasteiger partial charge is 0.262 e. The second-order valence-corrected chi connectivity index (χ2v) is 6.17. The van der Waals surface area contributed by atoms with Crippen LogP contribution in [0.25, 0.3) is 0 Å². The molecule has 5 heteroatoms. The van der Waals surface area contributed by atoms with E-state index in [2.05, 4.69) is 5.32 Å². The normalized spacial score (nSPS) is 10.2. The number of halogens is 1. The van der Waals surface area contributed by atoms with Gasteiger partial charge in [-0.05, 0) is 61.5 Å². The number of ether oxygens (including phenoxy) is 2. The summed E-state index contributed by atoms with van der Waals surface area (Å²) >= 11 is 5.89. The Labute approximate surface area is 157 Å². The SMILES string of the molecule is Cc1ccc(Oc2ccc(OCC(=O)Nc3cccc(Cl)c3)cc2)cc1. The Bertz CT molecular complexity index is 877. The zero-order valence-electron chi connectivity index (χ0n) is 14.2. The molecule has 3 aromatic carbocycles. The lowest BCUT2D eigenvalue weighted by molar-refractivity contribution is -0.118. The summed E-state index contributed by atoms with van der Waals surface area (Å²) in [5.74, 6) is 1.80. The standard InChI is InChI=1S/C21H18ClNO3/c1-15-5-7-19(8-6-15)26-20-11-9-18(10-12-20)25-14-21(24)23-17-4-2-3-16(22)13-17/h2-13H,14H2,1H3,(H,23,24). The van der Waals surface area contributed by atoms with Crippen LogP contribution in [0.15, 0.2) is 72.8 Å². The van der Waals surface area contributed by atoms with E-state index in [1.807, 2.05) is 31.2 Å². The molecule has 0 heterocycles. The van der Waals surface area contributed by atoms with E-state index in [1.165, 1.54) is 5.56 Å². The number of nitrogens with one attached hydrogen (secondary N) is 1. The topological polar surface area (TPSA) is 47.6 Å². The summed E-state index contributed by atoms with van der Waals surface area (Å²) in [5.41, 5.74) is 1.81. The van der Waals surface area contributed by atoms with Gasteiger partial charge in [0.2, 0.25) is 0 Å². The van der Waals surface area contributed by atoms with Crippen molar-refractivity contribution in [3.05, 3.63) is 83.4 Å². The zero-order valence-corrected chi connectivity index (χ0v) is 15.0. The maximum Gasteiger partial charge on any atom is 0.262 e. The van der Waals surface area contributed by atoms with Gasteiger partial charge in [0.15, 0.2) is 6.61 Å². The Kier molecular flexibility index (Phi) is 5.77. The Balaban J connectivity index is 1.51. The first-order valence-corrected chi connectivity index (χ1v) is 8.49. The van der Waals surface area contributed by atoms with Crippen LogP contribution < -0.4 is 14.8 Å². The van der Waals surface area contributed by atoms with Gasteiger partial charge >= 0.3 is 0 Å². The average molecular weight is 368 g/mol. The van der Waals surface area contributed by atoms with E-state index in [0.29, 0.717) is 22.2 Å². The number of hydrogen-bond acceptors (Lipinski definition) is 3. The Morgan fingerprint density at radius 1 is 0.923 bits per heavy atom. The first-order chi connectivity index (χ1) is 12.6. The minimum Gasteiger partial charge on any atom is -0.484 e. The van der Waals surface area contributed by atoms with Crippen LogP contribution in [-0.2, 0) is 4.79 Å². The lowest BCUT2D eigenvalue weighted by Crippen LogP contribution is -2.20. The fourth-order valence-electron chi connectivity index (χ4n) is 2.26. The molecule has 0 saturated carbocycles. The molecule has 0 aromatic heterocycles. The summed E-state index contributed by atoms with van der Waals surface area (Å²) < 4.78 is 11.2. The number of anilines is 1. The number of aryl methyl sites for hydroxylation is 1. The van der Waals surface area contributed by atoms with E-state index in [0.717, 1.165) is 5.75 Å². The number of hydrogen-bond donors (Lipinski definition) is 1. The second-order valence-electron chi connectivity index (χ2n) is 5.73. The molecule has 0 atom stereocenters. The molecule has 1 N–H and O–H groups in total.